The molecule has 2 nitrogen and oxygen atoms in total. The van der Waals surface area contributed by atoms with Crippen molar-refractivity contribution in [3.8, 4) is 0 Å². The molecule has 0 aliphatic rings. The quantitative estimate of drug-likeness (QED) is 0.932. The van der Waals surface area contributed by atoms with Crippen LogP contribution < -0.4 is 5.32 Å². The largest absolute Gasteiger partial charge is 0.309 e. The van der Waals surface area contributed by atoms with Gasteiger partial charge in [-0.05, 0) is 42.4 Å². The molecule has 1 aromatic heterocycles. The van der Waals surface area contributed by atoms with Crippen LogP contribution in [0, 0.1) is 0 Å². The van der Waals surface area contributed by atoms with E-state index in [9.17, 15) is 0 Å². The number of hydrogen-bond acceptors (Lipinski definition) is 2. The van der Waals surface area contributed by atoms with Crippen molar-refractivity contribution in [2.45, 2.75) is 6.04 Å². The van der Waals surface area contributed by atoms with Gasteiger partial charge >= 0.3 is 0 Å². The van der Waals surface area contributed by atoms with Gasteiger partial charge in [0.1, 0.15) is 0 Å². The number of nitrogens with zero attached hydrogens (tertiary/aromatic N) is 1. The maximum atomic E-state index is 6.07. The summed E-state index contributed by atoms with van der Waals surface area (Å²) in [4.78, 5) is 4.14. The molecule has 0 bridgehead atoms. The molecule has 4 heteroatoms. The van der Waals surface area contributed by atoms with E-state index in [1.54, 1.807) is 6.20 Å². The van der Waals surface area contributed by atoms with Gasteiger partial charge in [0.25, 0.3) is 0 Å². The van der Waals surface area contributed by atoms with Gasteiger partial charge in [0.2, 0.25) is 0 Å². The highest BCUT2D eigenvalue weighted by atomic mass is 79.9. The third kappa shape index (κ3) is 3.06. The van der Waals surface area contributed by atoms with E-state index in [2.05, 4.69) is 32.3 Å². The van der Waals surface area contributed by atoms with Crippen molar-refractivity contribution >= 4 is 27.5 Å². The summed E-state index contributed by atoms with van der Waals surface area (Å²) in [7, 11) is 1.92. The summed E-state index contributed by atoms with van der Waals surface area (Å²) in [5.74, 6) is 0. The van der Waals surface area contributed by atoms with E-state index in [-0.39, 0.29) is 6.04 Å². The summed E-state index contributed by atoms with van der Waals surface area (Å²) >= 11 is 9.52. The summed E-state index contributed by atoms with van der Waals surface area (Å²) in [5, 5.41) is 3.99. The lowest BCUT2D eigenvalue weighted by Crippen LogP contribution is -2.17. The second kappa shape index (κ2) is 5.63. The minimum atomic E-state index is 0.0960. The third-order valence-electron chi connectivity index (χ3n) is 2.52. The molecule has 0 saturated heterocycles. The van der Waals surface area contributed by atoms with Gasteiger partial charge in [0.05, 0.1) is 6.04 Å². The predicted octanol–water partition coefficient (Wildman–Crippen LogP) is 3.81. The zero-order valence-corrected chi connectivity index (χ0v) is 11.7. The summed E-state index contributed by atoms with van der Waals surface area (Å²) in [5.41, 5.74) is 2.23. The Balaban J connectivity index is 2.42. The molecule has 0 fully saturated rings. The number of nitrogens with one attached hydrogen (secondary N) is 1. The highest BCUT2D eigenvalue weighted by molar-refractivity contribution is 9.10. The SMILES string of the molecule is CNC(c1cccnc1)c1cc(Cl)cc(Br)c1. The molecular weight excluding hydrogens is 300 g/mol. The molecule has 0 saturated carbocycles. The molecule has 17 heavy (non-hydrogen) atoms. The Morgan fingerprint density at radius 1 is 1.29 bits per heavy atom. The van der Waals surface area contributed by atoms with Gasteiger partial charge in [-0.25, -0.2) is 0 Å². The molecule has 0 aliphatic carbocycles. The smallest absolute Gasteiger partial charge is 0.0590 e. The zero-order valence-electron chi connectivity index (χ0n) is 9.32. The van der Waals surface area contributed by atoms with Crippen LogP contribution in [0.1, 0.15) is 17.2 Å². The Kier molecular flexibility index (Phi) is 4.15. The number of aromatic nitrogens is 1. The molecule has 1 unspecified atom stereocenters. The first-order valence-corrected chi connectivity index (χ1v) is 6.41. The number of benzene rings is 1. The van der Waals surface area contributed by atoms with Crippen molar-refractivity contribution in [3.63, 3.8) is 0 Å². The molecule has 0 amide bonds. The Morgan fingerprint density at radius 2 is 2.12 bits per heavy atom. The van der Waals surface area contributed by atoms with Crippen molar-refractivity contribution in [1.29, 1.82) is 0 Å². The monoisotopic (exact) mass is 310 g/mol. The van der Waals surface area contributed by atoms with Gasteiger partial charge in [-0.15, -0.1) is 0 Å². The Morgan fingerprint density at radius 3 is 2.71 bits per heavy atom. The van der Waals surface area contributed by atoms with Crippen molar-refractivity contribution in [1.82, 2.24) is 10.3 Å². The zero-order chi connectivity index (χ0) is 12.3. The molecule has 0 radical (unpaired) electrons. The van der Waals surface area contributed by atoms with Crippen LogP contribution in [0.25, 0.3) is 0 Å². The number of hydrogen-bond donors (Lipinski definition) is 1. The number of rotatable bonds is 3. The molecule has 1 aromatic carbocycles. The molecule has 0 aliphatic heterocycles. The molecule has 2 aromatic rings. The van der Waals surface area contributed by atoms with Crippen LogP contribution in [0.15, 0.2) is 47.2 Å². The van der Waals surface area contributed by atoms with Crippen molar-refractivity contribution in [2.75, 3.05) is 7.05 Å². The minimum Gasteiger partial charge on any atom is -0.309 e. The van der Waals surface area contributed by atoms with Gasteiger partial charge in [-0.3, -0.25) is 4.98 Å². The Bertz CT molecular complexity index is 482. The first kappa shape index (κ1) is 12.6. The van der Waals surface area contributed by atoms with E-state index in [0.717, 1.165) is 20.6 Å². The fraction of sp³-hybridized carbons (Fsp3) is 0.154. The second-order valence-corrected chi connectivity index (χ2v) is 5.06. The van der Waals surface area contributed by atoms with Crippen LogP contribution in [0.2, 0.25) is 5.02 Å². The first-order chi connectivity index (χ1) is 8.20. The highest BCUT2D eigenvalue weighted by Crippen LogP contribution is 2.27. The van der Waals surface area contributed by atoms with Gasteiger partial charge in [0, 0.05) is 21.9 Å². The van der Waals surface area contributed by atoms with Gasteiger partial charge < -0.3 is 5.32 Å². The van der Waals surface area contributed by atoms with Crippen LogP contribution in [0.5, 0.6) is 0 Å². The first-order valence-electron chi connectivity index (χ1n) is 5.24. The van der Waals surface area contributed by atoms with Gasteiger partial charge in [0.15, 0.2) is 0 Å². The van der Waals surface area contributed by atoms with E-state index in [1.807, 2.05) is 37.5 Å². The molecule has 0 spiro atoms. The van der Waals surface area contributed by atoms with Crippen LogP contribution in [0.4, 0.5) is 0 Å². The fourth-order valence-corrected chi connectivity index (χ4v) is 2.70. The molecule has 1 heterocycles. The molecule has 1 atom stereocenters. The second-order valence-electron chi connectivity index (χ2n) is 3.71. The third-order valence-corrected chi connectivity index (χ3v) is 3.20. The van der Waals surface area contributed by atoms with E-state index >= 15 is 0 Å². The molecule has 2 rings (SSSR count). The molecule has 1 N–H and O–H groups in total. The molecule has 88 valence electrons. The van der Waals surface area contributed by atoms with Crippen molar-refractivity contribution < 1.29 is 0 Å². The standard InChI is InChI=1S/C13H12BrClN2/c1-16-13(9-3-2-4-17-8-9)10-5-11(14)7-12(15)6-10/h2-8,13,16H,1H3. The van der Waals surface area contributed by atoms with Gasteiger partial charge in [-0.1, -0.05) is 33.6 Å². The summed E-state index contributed by atoms with van der Waals surface area (Å²) in [6, 6.07) is 9.96. The van der Waals surface area contributed by atoms with E-state index in [1.165, 1.54) is 0 Å². The topological polar surface area (TPSA) is 24.9 Å². The predicted molar refractivity (Wildman–Crippen MR) is 74.3 cm³/mol. The van der Waals surface area contributed by atoms with E-state index < -0.39 is 0 Å². The lowest BCUT2D eigenvalue weighted by Gasteiger charge is -2.17. The van der Waals surface area contributed by atoms with Crippen LogP contribution >= 0.6 is 27.5 Å². The Hall–Kier alpha value is -0.900. The van der Waals surface area contributed by atoms with Crippen molar-refractivity contribution in [3.05, 3.63) is 63.3 Å². The average Bonchev–Trinajstić information content (AvgIpc) is 2.30. The summed E-state index contributed by atoms with van der Waals surface area (Å²) < 4.78 is 0.976. The Labute approximate surface area is 114 Å². The van der Waals surface area contributed by atoms with Crippen LogP contribution in [0.3, 0.4) is 0 Å². The average molecular weight is 312 g/mol. The van der Waals surface area contributed by atoms with Gasteiger partial charge in [-0.2, -0.15) is 0 Å². The number of pyridine rings is 1. The molecular formula is C13H12BrClN2. The van der Waals surface area contributed by atoms with E-state index in [0.29, 0.717) is 0 Å². The van der Waals surface area contributed by atoms with Crippen molar-refractivity contribution in [2.24, 2.45) is 0 Å². The lowest BCUT2D eigenvalue weighted by atomic mass is 10.0. The fourth-order valence-electron chi connectivity index (χ4n) is 1.81. The maximum absolute atomic E-state index is 6.07. The normalized spacial score (nSPS) is 12.4. The minimum absolute atomic E-state index is 0.0960. The lowest BCUT2D eigenvalue weighted by molar-refractivity contribution is 0.688. The highest BCUT2D eigenvalue weighted by Gasteiger charge is 2.12. The summed E-state index contributed by atoms with van der Waals surface area (Å²) in [6.45, 7) is 0. The van der Waals surface area contributed by atoms with Crippen LogP contribution in [-0.2, 0) is 0 Å². The van der Waals surface area contributed by atoms with Crippen LogP contribution in [-0.4, -0.2) is 12.0 Å². The van der Waals surface area contributed by atoms with E-state index in [4.69, 9.17) is 11.6 Å². The maximum Gasteiger partial charge on any atom is 0.0590 e. The number of halogens is 2. The summed E-state index contributed by atoms with van der Waals surface area (Å²) in [6.07, 6.45) is 3.63.